The van der Waals surface area contributed by atoms with E-state index in [0.29, 0.717) is 0 Å². The van der Waals surface area contributed by atoms with Gasteiger partial charge in [0.15, 0.2) is 0 Å². The second kappa shape index (κ2) is 6.01. The fraction of sp³-hybridized carbons (Fsp3) is 0.125. The van der Waals surface area contributed by atoms with Gasteiger partial charge in [0, 0.05) is 22.0 Å². The van der Waals surface area contributed by atoms with Crippen LogP contribution in [0.1, 0.15) is 0 Å². The molecule has 3 aromatic rings. The Morgan fingerprint density at radius 1 is 1.10 bits per heavy atom. The number of methoxy groups -OCH3 is 1. The predicted octanol–water partition coefficient (Wildman–Crippen LogP) is 4.10. The normalized spacial score (nSPS) is 10.6. The molecule has 0 bridgehead atoms. The first-order valence-corrected chi connectivity index (χ1v) is 7.72. The molecule has 1 aromatic heterocycles. The topological polar surface area (TPSA) is 47.0 Å². The fourth-order valence-electron chi connectivity index (χ4n) is 2.10. The predicted molar refractivity (Wildman–Crippen MR) is 87.6 cm³/mol. The number of thioether (sulfide) groups is 1. The van der Waals surface area contributed by atoms with Crippen molar-refractivity contribution in [1.82, 2.24) is 9.97 Å². The average Bonchev–Trinajstić information content (AvgIpc) is 2.55. The van der Waals surface area contributed by atoms with E-state index >= 15 is 0 Å². The van der Waals surface area contributed by atoms with Gasteiger partial charge in [-0.1, -0.05) is 6.07 Å². The highest BCUT2D eigenvalue weighted by atomic mass is 32.2. The van der Waals surface area contributed by atoms with Gasteiger partial charge in [-0.25, -0.2) is 9.97 Å². The second-order valence-electron chi connectivity index (χ2n) is 4.46. The van der Waals surface area contributed by atoms with Crippen molar-refractivity contribution in [2.45, 2.75) is 4.90 Å². The summed E-state index contributed by atoms with van der Waals surface area (Å²) in [7, 11) is 1.65. The number of rotatable bonds is 4. The van der Waals surface area contributed by atoms with Crippen molar-refractivity contribution in [3.63, 3.8) is 0 Å². The third kappa shape index (κ3) is 2.92. The van der Waals surface area contributed by atoms with Crippen LogP contribution in [0.3, 0.4) is 0 Å². The molecule has 0 atom stereocenters. The first-order chi connectivity index (χ1) is 10.3. The Bertz CT molecular complexity index is 776. The van der Waals surface area contributed by atoms with Crippen LogP contribution in [-0.4, -0.2) is 23.3 Å². The molecule has 0 saturated heterocycles. The molecule has 0 aliphatic rings. The smallest absolute Gasteiger partial charge is 0.141 e. The van der Waals surface area contributed by atoms with Crippen LogP contribution < -0.4 is 10.1 Å². The van der Waals surface area contributed by atoms with Crippen LogP contribution in [0, 0.1) is 0 Å². The number of anilines is 2. The van der Waals surface area contributed by atoms with E-state index < -0.39 is 0 Å². The van der Waals surface area contributed by atoms with Crippen molar-refractivity contribution in [1.29, 1.82) is 0 Å². The third-order valence-electron chi connectivity index (χ3n) is 3.18. The maximum absolute atomic E-state index is 5.23. The van der Waals surface area contributed by atoms with Gasteiger partial charge in [0.05, 0.1) is 12.6 Å². The quantitative estimate of drug-likeness (QED) is 0.734. The van der Waals surface area contributed by atoms with Gasteiger partial charge in [0.25, 0.3) is 0 Å². The lowest BCUT2D eigenvalue weighted by molar-refractivity contribution is 0.415. The monoisotopic (exact) mass is 297 g/mol. The summed E-state index contributed by atoms with van der Waals surface area (Å²) in [6.45, 7) is 0. The van der Waals surface area contributed by atoms with E-state index in [9.17, 15) is 0 Å². The van der Waals surface area contributed by atoms with Gasteiger partial charge in [0.2, 0.25) is 0 Å². The summed E-state index contributed by atoms with van der Waals surface area (Å²) in [6.07, 6.45) is 3.62. The van der Waals surface area contributed by atoms with Gasteiger partial charge >= 0.3 is 0 Å². The van der Waals surface area contributed by atoms with Crippen LogP contribution in [0.15, 0.2) is 53.7 Å². The van der Waals surface area contributed by atoms with E-state index in [1.807, 2.05) is 30.3 Å². The maximum Gasteiger partial charge on any atom is 0.141 e. The molecule has 0 aliphatic carbocycles. The Hall–Kier alpha value is -2.27. The molecule has 5 heteroatoms. The summed E-state index contributed by atoms with van der Waals surface area (Å²) in [6, 6.07) is 14.0. The van der Waals surface area contributed by atoms with Gasteiger partial charge in [-0.3, -0.25) is 0 Å². The molecule has 0 fully saturated rings. The Labute approximate surface area is 127 Å². The average molecular weight is 297 g/mol. The van der Waals surface area contributed by atoms with Crippen LogP contribution in [0.2, 0.25) is 0 Å². The van der Waals surface area contributed by atoms with Crippen molar-refractivity contribution in [2.75, 3.05) is 18.7 Å². The number of aromatic nitrogens is 2. The van der Waals surface area contributed by atoms with Crippen molar-refractivity contribution in [2.24, 2.45) is 0 Å². The van der Waals surface area contributed by atoms with Gasteiger partial charge in [0.1, 0.15) is 17.9 Å². The highest BCUT2D eigenvalue weighted by molar-refractivity contribution is 7.98. The Morgan fingerprint density at radius 3 is 2.81 bits per heavy atom. The van der Waals surface area contributed by atoms with E-state index in [-0.39, 0.29) is 0 Å². The van der Waals surface area contributed by atoms with Gasteiger partial charge in [-0.15, -0.1) is 11.8 Å². The zero-order valence-corrected chi connectivity index (χ0v) is 12.6. The first-order valence-electron chi connectivity index (χ1n) is 6.50. The van der Waals surface area contributed by atoms with E-state index in [1.54, 1.807) is 25.2 Å². The lowest BCUT2D eigenvalue weighted by Gasteiger charge is -2.10. The van der Waals surface area contributed by atoms with Crippen molar-refractivity contribution in [3.05, 3.63) is 48.8 Å². The Balaban J connectivity index is 2.00. The molecule has 0 radical (unpaired) electrons. The van der Waals surface area contributed by atoms with Crippen LogP contribution >= 0.6 is 11.8 Å². The molecule has 0 amide bonds. The molecule has 2 aromatic carbocycles. The fourth-order valence-corrected chi connectivity index (χ4v) is 2.56. The van der Waals surface area contributed by atoms with E-state index in [2.05, 4.69) is 33.7 Å². The lowest BCUT2D eigenvalue weighted by Crippen LogP contribution is -1.96. The van der Waals surface area contributed by atoms with Crippen molar-refractivity contribution < 1.29 is 4.74 Å². The minimum atomic E-state index is 0.788. The van der Waals surface area contributed by atoms with Crippen molar-refractivity contribution in [3.8, 4) is 5.75 Å². The molecular formula is C16H15N3OS. The number of ether oxygens (including phenoxy) is 1. The number of hydrogen-bond acceptors (Lipinski definition) is 5. The van der Waals surface area contributed by atoms with Crippen molar-refractivity contribution >= 4 is 34.2 Å². The van der Waals surface area contributed by atoms with E-state index in [0.717, 1.165) is 28.2 Å². The number of hydrogen-bond donors (Lipinski definition) is 1. The highest BCUT2D eigenvalue weighted by Crippen LogP contribution is 2.27. The van der Waals surface area contributed by atoms with Gasteiger partial charge in [-0.05, 0) is 36.6 Å². The lowest BCUT2D eigenvalue weighted by atomic mass is 10.2. The standard InChI is InChI=1S/C16H15N3OS/c1-20-12-6-7-14-15(9-12)17-10-18-16(14)19-11-4-3-5-13(8-11)21-2/h3-10H,1-2H3,(H,17,18,19). The Morgan fingerprint density at radius 2 is 2.00 bits per heavy atom. The first kappa shape index (κ1) is 13.7. The molecule has 1 N–H and O–H groups in total. The molecule has 0 spiro atoms. The minimum Gasteiger partial charge on any atom is -0.497 e. The van der Waals surface area contributed by atoms with Crippen LogP contribution in [0.5, 0.6) is 5.75 Å². The maximum atomic E-state index is 5.23. The summed E-state index contributed by atoms with van der Waals surface area (Å²) in [5, 5.41) is 4.32. The highest BCUT2D eigenvalue weighted by Gasteiger charge is 2.05. The summed E-state index contributed by atoms with van der Waals surface area (Å²) in [4.78, 5) is 9.84. The summed E-state index contributed by atoms with van der Waals surface area (Å²) >= 11 is 1.71. The molecule has 0 unspecified atom stereocenters. The molecule has 21 heavy (non-hydrogen) atoms. The minimum absolute atomic E-state index is 0.788. The van der Waals surface area contributed by atoms with Gasteiger partial charge < -0.3 is 10.1 Å². The molecule has 1 heterocycles. The SMILES string of the molecule is COc1ccc2c(Nc3cccc(SC)c3)ncnc2c1. The molecule has 3 rings (SSSR count). The van der Waals surface area contributed by atoms with E-state index in [4.69, 9.17) is 4.74 Å². The van der Waals surface area contributed by atoms with Crippen LogP contribution in [0.4, 0.5) is 11.5 Å². The number of fused-ring (bicyclic) bond motifs is 1. The number of nitrogens with one attached hydrogen (secondary N) is 1. The summed E-state index contributed by atoms with van der Waals surface area (Å²) in [5.41, 5.74) is 1.87. The number of benzene rings is 2. The Kier molecular flexibility index (Phi) is 3.92. The summed E-state index contributed by atoms with van der Waals surface area (Å²) < 4.78 is 5.23. The van der Waals surface area contributed by atoms with Crippen LogP contribution in [-0.2, 0) is 0 Å². The largest absolute Gasteiger partial charge is 0.497 e. The summed E-state index contributed by atoms with van der Waals surface area (Å²) in [5.74, 6) is 1.58. The molecule has 4 nitrogen and oxygen atoms in total. The number of nitrogens with zero attached hydrogens (tertiary/aromatic N) is 2. The molecular weight excluding hydrogens is 282 g/mol. The second-order valence-corrected chi connectivity index (χ2v) is 5.34. The van der Waals surface area contributed by atoms with Gasteiger partial charge in [-0.2, -0.15) is 0 Å². The zero-order chi connectivity index (χ0) is 14.7. The molecule has 0 aliphatic heterocycles. The molecule has 106 valence electrons. The zero-order valence-electron chi connectivity index (χ0n) is 11.8. The third-order valence-corrected chi connectivity index (χ3v) is 3.90. The molecule has 0 saturated carbocycles. The van der Waals surface area contributed by atoms with Crippen LogP contribution in [0.25, 0.3) is 10.9 Å². The van der Waals surface area contributed by atoms with E-state index in [1.165, 1.54) is 4.90 Å².